The minimum absolute atomic E-state index is 0.0779. The molecule has 0 N–H and O–H groups in total. The third-order valence-corrected chi connectivity index (χ3v) is 3.45. The molecule has 0 aromatic heterocycles. The van der Waals surface area contributed by atoms with E-state index in [1.54, 1.807) is 0 Å². The predicted molar refractivity (Wildman–Crippen MR) is 75.4 cm³/mol. The van der Waals surface area contributed by atoms with E-state index < -0.39 is 0 Å². The van der Waals surface area contributed by atoms with E-state index >= 15 is 0 Å². The van der Waals surface area contributed by atoms with Crippen LogP contribution in [0.3, 0.4) is 0 Å². The van der Waals surface area contributed by atoms with E-state index in [2.05, 4.69) is 22.0 Å². The van der Waals surface area contributed by atoms with Crippen LogP contribution in [0.15, 0.2) is 28.7 Å². The smallest absolute Gasteiger partial charge is 0.177 e. The maximum atomic E-state index is 12.2. The second-order valence-electron chi connectivity index (χ2n) is 4.38. The number of benzene rings is 1. The fourth-order valence-electron chi connectivity index (χ4n) is 1.67. The highest BCUT2D eigenvalue weighted by atomic mass is 79.9. The molecule has 0 aliphatic heterocycles. The zero-order valence-electron chi connectivity index (χ0n) is 10.7. The van der Waals surface area contributed by atoms with Crippen molar-refractivity contribution in [2.24, 2.45) is 0 Å². The molecule has 0 aliphatic carbocycles. The molecule has 0 atom stereocenters. The van der Waals surface area contributed by atoms with Gasteiger partial charge in [-0.2, -0.15) is 5.26 Å². The molecule has 4 heteroatoms. The van der Waals surface area contributed by atoms with Crippen LogP contribution in [-0.4, -0.2) is 29.8 Å². The third kappa shape index (κ3) is 4.25. The highest BCUT2D eigenvalue weighted by molar-refractivity contribution is 9.10. The van der Waals surface area contributed by atoms with Crippen molar-refractivity contribution in [3.8, 4) is 6.07 Å². The molecule has 0 radical (unpaired) electrons. The summed E-state index contributed by atoms with van der Waals surface area (Å²) in [4.78, 5) is 14.2. The van der Waals surface area contributed by atoms with E-state index in [1.807, 2.05) is 43.0 Å². The van der Waals surface area contributed by atoms with Crippen LogP contribution in [0.5, 0.6) is 0 Å². The summed E-state index contributed by atoms with van der Waals surface area (Å²) < 4.78 is 0.819. The fourth-order valence-corrected chi connectivity index (χ4v) is 2.18. The summed E-state index contributed by atoms with van der Waals surface area (Å²) in [7, 11) is 0. The average Bonchev–Trinajstić information content (AvgIpc) is 2.34. The molecule has 0 saturated heterocycles. The van der Waals surface area contributed by atoms with Crippen molar-refractivity contribution in [1.82, 2.24) is 4.90 Å². The number of hydrogen-bond acceptors (Lipinski definition) is 3. The Bertz CT molecular complexity index is 451. The van der Waals surface area contributed by atoms with Crippen molar-refractivity contribution < 1.29 is 4.79 Å². The second-order valence-corrected chi connectivity index (χ2v) is 5.23. The molecule has 1 rings (SSSR count). The molecule has 18 heavy (non-hydrogen) atoms. The lowest BCUT2D eigenvalue weighted by molar-refractivity contribution is 0.0907. The Morgan fingerprint density at radius 1 is 1.44 bits per heavy atom. The summed E-state index contributed by atoms with van der Waals surface area (Å²) in [6, 6.07) is 9.79. The highest BCUT2D eigenvalue weighted by Crippen LogP contribution is 2.17. The van der Waals surface area contributed by atoms with Gasteiger partial charge in [-0.05, 0) is 19.9 Å². The van der Waals surface area contributed by atoms with Gasteiger partial charge in [-0.1, -0.05) is 34.1 Å². The van der Waals surface area contributed by atoms with Crippen LogP contribution in [-0.2, 0) is 0 Å². The quantitative estimate of drug-likeness (QED) is 0.758. The molecule has 0 aliphatic rings. The minimum Gasteiger partial charge on any atom is -0.293 e. The van der Waals surface area contributed by atoms with Gasteiger partial charge in [0, 0.05) is 29.0 Å². The van der Waals surface area contributed by atoms with Crippen LogP contribution < -0.4 is 0 Å². The molecule has 0 spiro atoms. The van der Waals surface area contributed by atoms with Gasteiger partial charge in [-0.15, -0.1) is 0 Å². The lowest BCUT2D eigenvalue weighted by Crippen LogP contribution is -2.36. The number of halogens is 1. The topological polar surface area (TPSA) is 44.1 Å². The molecular weight excluding hydrogens is 292 g/mol. The van der Waals surface area contributed by atoms with Crippen LogP contribution in [0, 0.1) is 11.3 Å². The zero-order chi connectivity index (χ0) is 13.5. The van der Waals surface area contributed by atoms with Gasteiger partial charge in [0.2, 0.25) is 0 Å². The molecule has 0 saturated carbocycles. The number of nitrogens with zero attached hydrogens (tertiary/aromatic N) is 2. The predicted octanol–water partition coefficient (Wildman–Crippen LogP) is 3.26. The molecule has 1 aromatic carbocycles. The lowest BCUT2D eigenvalue weighted by atomic mass is 10.1. The third-order valence-electron chi connectivity index (χ3n) is 2.76. The molecule has 0 fully saturated rings. The van der Waals surface area contributed by atoms with Crippen molar-refractivity contribution in [2.45, 2.75) is 26.3 Å². The number of rotatable bonds is 6. The van der Waals surface area contributed by atoms with Crippen LogP contribution in [0.25, 0.3) is 0 Å². The first-order valence-electron chi connectivity index (χ1n) is 5.95. The molecule has 0 unspecified atom stereocenters. The van der Waals surface area contributed by atoms with Crippen LogP contribution in [0.2, 0.25) is 0 Å². The Hall–Kier alpha value is -1.18. The molecule has 0 bridgehead atoms. The molecule has 96 valence electrons. The van der Waals surface area contributed by atoms with Gasteiger partial charge in [0.05, 0.1) is 12.6 Å². The minimum atomic E-state index is 0.0779. The maximum absolute atomic E-state index is 12.2. The summed E-state index contributed by atoms with van der Waals surface area (Å²) in [5.41, 5.74) is 0.695. The summed E-state index contributed by atoms with van der Waals surface area (Å²) in [6.45, 7) is 5.04. The van der Waals surface area contributed by atoms with Crippen molar-refractivity contribution in [3.05, 3.63) is 34.3 Å². The van der Waals surface area contributed by atoms with Gasteiger partial charge < -0.3 is 0 Å². The fraction of sp³-hybridized carbons (Fsp3) is 0.429. The van der Waals surface area contributed by atoms with Gasteiger partial charge in [-0.25, -0.2) is 0 Å². The number of ketones is 1. The standard InChI is InChI=1S/C14H17BrN2O/c1-11(2)17(9-5-8-16)10-14(18)12-6-3-4-7-13(12)15/h3-4,6-7,11H,5,9-10H2,1-2H3. The molecule has 3 nitrogen and oxygen atoms in total. The summed E-state index contributed by atoms with van der Waals surface area (Å²) in [5, 5.41) is 8.62. The molecular formula is C14H17BrN2O. The number of hydrogen-bond donors (Lipinski definition) is 0. The first-order chi connectivity index (χ1) is 8.56. The van der Waals surface area contributed by atoms with Gasteiger partial charge >= 0.3 is 0 Å². The first-order valence-corrected chi connectivity index (χ1v) is 6.74. The van der Waals surface area contributed by atoms with E-state index in [0.29, 0.717) is 25.1 Å². The van der Waals surface area contributed by atoms with E-state index in [0.717, 1.165) is 4.47 Å². The number of nitriles is 1. The number of Topliss-reactive ketones (excluding diaryl/α,β-unsaturated/α-hetero) is 1. The Morgan fingerprint density at radius 3 is 2.67 bits per heavy atom. The first kappa shape index (κ1) is 14.9. The lowest BCUT2D eigenvalue weighted by Gasteiger charge is -2.24. The number of carbonyl (C=O) groups excluding carboxylic acids is 1. The number of carbonyl (C=O) groups is 1. The van der Waals surface area contributed by atoms with E-state index in [-0.39, 0.29) is 11.8 Å². The van der Waals surface area contributed by atoms with Crippen molar-refractivity contribution in [1.29, 1.82) is 5.26 Å². The SMILES string of the molecule is CC(C)N(CCC#N)CC(=O)c1ccccc1Br. The van der Waals surface area contributed by atoms with Crippen LogP contribution in [0.4, 0.5) is 0 Å². The van der Waals surface area contributed by atoms with Gasteiger partial charge in [0.25, 0.3) is 0 Å². The van der Waals surface area contributed by atoms with Crippen molar-refractivity contribution in [3.63, 3.8) is 0 Å². The largest absolute Gasteiger partial charge is 0.293 e. The van der Waals surface area contributed by atoms with Crippen LogP contribution >= 0.6 is 15.9 Å². The van der Waals surface area contributed by atoms with Crippen molar-refractivity contribution in [2.75, 3.05) is 13.1 Å². The van der Waals surface area contributed by atoms with Crippen molar-refractivity contribution >= 4 is 21.7 Å². The van der Waals surface area contributed by atoms with Gasteiger partial charge in [-0.3, -0.25) is 9.69 Å². The van der Waals surface area contributed by atoms with Gasteiger partial charge in [0.15, 0.2) is 5.78 Å². The Balaban J connectivity index is 2.73. The van der Waals surface area contributed by atoms with E-state index in [1.165, 1.54) is 0 Å². The van der Waals surface area contributed by atoms with E-state index in [9.17, 15) is 4.79 Å². The summed E-state index contributed by atoms with van der Waals surface area (Å²) in [6.07, 6.45) is 0.446. The zero-order valence-corrected chi connectivity index (χ0v) is 12.3. The highest BCUT2D eigenvalue weighted by Gasteiger charge is 2.16. The molecule has 0 amide bonds. The van der Waals surface area contributed by atoms with E-state index in [4.69, 9.17) is 5.26 Å². The molecule has 1 aromatic rings. The monoisotopic (exact) mass is 308 g/mol. The summed E-state index contributed by atoms with van der Waals surface area (Å²) >= 11 is 3.38. The summed E-state index contributed by atoms with van der Waals surface area (Å²) in [5.74, 6) is 0.0779. The maximum Gasteiger partial charge on any atom is 0.177 e. The Labute approximate surface area is 117 Å². The second kappa shape index (κ2) is 7.30. The Morgan fingerprint density at radius 2 is 2.11 bits per heavy atom. The molecule has 0 heterocycles. The Kier molecular flexibility index (Phi) is 6.03. The van der Waals surface area contributed by atoms with Gasteiger partial charge in [0.1, 0.15) is 0 Å². The van der Waals surface area contributed by atoms with Crippen LogP contribution in [0.1, 0.15) is 30.6 Å². The normalized spacial score (nSPS) is 10.7. The average molecular weight is 309 g/mol.